The van der Waals surface area contributed by atoms with Crippen molar-refractivity contribution in [3.05, 3.63) is 82.9 Å². The van der Waals surface area contributed by atoms with Crippen LogP contribution >= 0.6 is 7.60 Å². The normalized spacial score (nSPS) is 18.1. The number of amides is 2. The summed E-state index contributed by atoms with van der Waals surface area (Å²) in [6.07, 6.45) is 2.87. The van der Waals surface area contributed by atoms with Gasteiger partial charge in [0.25, 0.3) is 5.91 Å². The number of carbonyl (C=O) groups excluding carboxylic acids is 2. The highest BCUT2D eigenvalue weighted by atomic mass is 31.2. The molecule has 15 heteroatoms. The molecule has 1 spiro atoms. The van der Waals surface area contributed by atoms with E-state index in [1.54, 1.807) is 35.0 Å². The highest BCUT2D eigenvalue weighted by Gasteiger charge is 2.58. The summed E-state index contributed by atoms with van der Waals surface area (Å²) in [6, 6.07) is 9.32. The molecule has 4 aromatic rings. The number of nitrogens with one attached hydrogen (secondary N) is 2. The number of rotatable bonds is 10. The summed E-state index contributed by atoms with van der Waals surface area (Å²) < 4.78 is 54.5. The number of fused-ring (bicyclic) bond motifs is 1. The first-order chi connectivity index (χ1) is 22.7. The molecule has 1 aliphatic heterocycles. The predicted molar refractivity (Wildman–Crippen MR) is 173 cm³/mol. The third-order valence-electron chi connectivity index (χ3n) is 8.99. The smallest absolute Gasteiger partial charge is 0.326 e. The van der Waals surface area contributed by atoms with E-state index in [2.05, 4.69) is 20.8 Å². The third kappa shape index (κ3) is 6.52. The Morgan fingerprint density at radius 2 is 1.83 bits per heavy atom. The number of hydrogen-bond donors (Lipinski definition) is 3. The number of nitrogens with zero attached hydrogens (tertiary/aromatic N) is 4. The van der Waals surface area contributed by atoms with Crippen LogP contribution in [0.4, 0.5) is 14.5 Å². The Balaban J connectivity index is 1.31. The van der Waals surface area contributed by atoms with Gasteiger partial charge in [-0.25, -0.2) is 13.5 Å². The Bertz CT molecular complexity index is 1930. The second-order valence-corrected chi connectivity index (χ2v) is 14.7. The van der Waals surface area contributed by atoms with E-state index in [0.717, 1.165) is 35.6 Å². The summed E-state index contributed by atoms with van der Waals surface area (Å²) in [5.41, 5.74) is 3.46. The number of carbonyl (C=O) groups is 2. The predicted octanol–water partition coefficient (Wildman–Crippen LogP) is 5.71. The molecule has 6 rings (SSSR count). The molecule has 2 amide bonds. The van der Waals surface area contributed by atoms with Gasteiger partial charge in [0.15, 0.2) is 11.6 Å². The summed E-state index contributed by atoms with van der Waals surface area (Å²) in [6.45, 7) is 8.49. The lowest BCUT2D eigenvalue weighted by Crippen LogP contribution is -2.52. The summed E-state index contributed by atoms with van der Waals surface area (Å²) in [5, 5.41) is 14.5. The fourth-order valence-electron chi connectivity index (χ4n) is 6.47. The topological polar surface area (TPSA) is 150 Å². The van der Waals surface area contributed by atoms with Gasteiger partial charge in [0.1, 0.15) is 24.2 Å². The van der Waals surface area contributed by atoms with Crippen molar-refractivity contribution < 1.29 is 37.1 Å². The van der Waals surface area contributed by atoms with Crippen molar-refractivity contribution >= 4 is 25.1 Å². The van der Waals surface area contributed by atoms with Gasteiger partial charge < -0.3 is 20.3 Å². The first-order valence-electron chi connectivity index (χ1n) is 15.5. The molecule has 0 saturated heterocycles. The molecule has 2 unspecified atom stereocenters. The van der Waals surface area contributed by atoms with Crippen molar-refractivity contribution in [1.82, 2.24) is 24.9 Å². The molecular weight excluding hydrogens is 645 g/mol. The van der Waals surface area contributed by atoms with Crippen molar-refractivity contribution in [2.75, 3.05) is 18.6 Å². The van der Waals surface area contributed by atoms with Crippen LogP contribution in [0.2, 0.25) is 0 Å². The summed E-state index contributed by atoms with van der Waals surface area (Å²) in [4.78, 5) is 37.4. The molecule has 2 aromatic heterocycles. The first kappa shape index (κ1) is 33.5. The van der Waals surface area contributed by atoms with Crippen LogP contribution in [0.3, 0.4) is 0 Å². The van der Waals surface area contributed by atoms with Crippen LogP contribution in [0.1, 0.15) is 66.1 Å². The van der Waals surface area contributed by atoms with E-state index in [0.29, 0.717) is 29.8 Å². The maximum Gasteiger partial charge on any atom is 0.326 e. The van der Waals surface area contributed by atoms with E-state index >= 15 is 0 Å². The highest BCUT2D eigenvalue weighted by molar-refractivity contribution is 7.51. The maximum absolute atomic E-state index is 14.7. The molecule has 0 bridgehead atoms. The number of aromatic nitrogens is 4. The van der Waals surface area contributed by atoms with Crippen molar-refractivity contribution in [1.29, 1.82) is 0 Å². The minimum absolute atomic E-state index is 0.128. The molecule has 3 heterocycles. The Morgan fingerprint density at radius 1 is 1.15 bits per heavy atom. The van der Waals surface area contributed by atoms with E-state index < -0.39 is 48.4 Å². The zero-order valence-corrected chi connectivity index (χ0v) is 28.1. The molecule has 2 aromatic carbocycles. The number of benzene rings is 2. The zero-order chi connectivity index (χ0) is 34.5. The Labute approximate surface area is 276 Å². The van der Waals surface area contributed by atoms with Gasteiger partial charge in [0.2, 0.25) is 5.91 Å². The fourth-order valence-corrected chi connectivity index (χ4v) is 6.79. The van der Waals surface area contributed by atoms with Gasteiger partial charge in [-0.05, 0) is 70.4 Å². The quantitative estimate of drug-likeness (QED) is 0.180. The van der Waals surface area contributed by atoms with E-state index in [9.17, 15) is 27.8 Å². The molecule has 1 saturated carbocycles. The SMILES string of the molecule is Cc1nn(COP(C)(=O)O)c(C)c1-c1ccc(NC(=O)[C@@H](NC(=O)c2ccnn2C(C)C)C2c3cc(F)c(F)cc3OCC23CC3)cc1. The Kier molecular flexibility index (Phi) is 8.78. The van der Waals surface area contributed by atoms with Crippen LogP contribution in [0.15, 0.2) is 48.7 Å². The van der Waals surface area contributed by atoms with Crippen molar-refractivity contribution in [2.45, 2.75) is 65.3 Å². The van der Waals surface area contributed by atoms with E-state index in [1.807, 2.05) is 27.7 Å². The van der Waals surface area contributed by atoms with E-state index in [1.165, 1.54) is 10.9 Å². The molecule has 1 fully saturated rings. The second-order valence-electron chi connectivity index (χ2n) is 12.8. The monoisotopic (exact) mass is 682 g/mol. The number of ether oxygens (including phenoxy) is 1. The number of halogens is 2. The van der Waals surface area contributed by atoms with Gasteiger partial charge in [0.05, 0.1) is 12.3 Å². The number of hydrogen-bond acceptors (Lipinski definition) is 7. The highest BCUT2D eigenvalue weighted by Crippen LogP contribution is 2.61. The summed E-state index contributed by atoms with van der Waals surface area (Å²) in [7, 11) is -3.70. The number of anilines is 1. The Hall–Kier alpha value is -4.39. The van der Waals surface area contributed by atoms with Gasteiger partial charge in [-0.15, -0.1) is 0 Å². The van der Waals surface area contributed by atoms with Crippen molar-refractivity contribution in [2.24, 2.45) is 5.41 Å². The minimum atomic E-state index is -3.70. The van der Waals surface area contributed by atoms with Crippen LogP contribution in [0.25, 0.3) is 11.1 Å². The fraction of sp³-hybridized carbons (Fsp3) is 0.394. The minimum Gasteiger partial charge on any atom is -0.493 e. The molecule has 12 nitrogen and oxygen atoms in total. The zero-order valence-electron chi connectivity index (χ0n) is 27.2. The number of aryl methyl sites for hydroxylation is 1. The van der Waals surface area contributed by atoms with Crippen LogP contribution in [0.5, 0.6) is 5.75 Å². The molecule has 3 N–H and O–H groups in total. The van der Waals surface area contributed by atoms with Gasteiger partial charge in [-0.2, -0.15) is 10.2 Å². The molecule has 254 valence electrons. The van der Waals surface area contributed by atoms with Crippen LogP contribution in [-0.4, -0.2) is 55.6 Å². The van der Waals surface area contributed by atoms with Crippen molar-refractivity contribution in [3.63, 3.8) is 0 Å². The molecule has 2 aliphatic rings. The third-order valence-corrected chi connectivity index (χ3v) is 9.59. The summed E-state index contributed by atoms with van der Waals surface area (Å²) in [5.74, 6) is -3.77. The van der Waals surface area contributed by atoms with Gasteiger partial charge in [0, 0.05) is 58.8 Å². The lowest BCUT2D eigenvalue weighted by atomic mass is 9.75. The average molecular weight is 683 g/mol. The summed E-state index contributed by atoms with van der Waals surface area (Å²) >= 11 is 0. The largest absolute Gasteiger partial charge is 0.493 e. The average Bonchev–Trinajstić information content (AvgIpc) is 3.48. The van der Waals surface area contributed by atoms with Gasteiger partial charge in [-0.3, -0.25) is 23.4 Å². The lowest BCUT2D eigenvalue weighted by molar-refractivity contribution is -0.119. The van der Waals surface area contributed by atoms with Crippen LogP contribution in [0, 0.1) is 30.9 Å². The molecule has 48 heavy (non-hydrogen) atoms. The second kappa shape index (κ2) is 12.6. The first-order valence-corrected chi connectivity index (χ1v) is 17.6. The Morgan fingerprint density at radius 3 is 2.48 bits per heavy atom. The van der Waals surface area contributed by atoms with Gasteiger partial charge in [-0.1, -0.05) is 12.1 Å². The van der Waals surface area contributed by atoms with Crippen LogP contribution < -0.4 is 15.4 Å². The molecular formula is C33H37F2N6O6P. The standard InChI is InChI=1S/C33H37F2N6O6P/c1-18(2)41-26(10-13-36-41)31(42)38-30(29-23-14-24(34)25(35)15-27(23)46-16-33(29)11-12-33)32(43)37-22-8-6-21(7-9-22)28-19(3)39-40(20(28)4)17-47-48(5,44)45/h6-10,13-15,18,29-30H,11-12,16-17H2,1-5H3,(H,37,43)(H,38,42)(H,44,45)/t29?,30-/m0/s1. The van der Waals surface area contributed by atoms with Gasteiger partial charge >= 0.3 is 7.60 Å². The van der Waals surface area contributed by atoms with E-state index in [-0.39, 0.29) is 30.8 Å². The molecule has 0 radical (unpaired) electrons. The molecule has 3 atom stereocenters. The maximum atomic E-state index is 14.7. The van der Waals surface area contributed by atoms with E-state index in [4.69, 9.17) is 9.26 Å². The molecule has 1 aliphatic carbocycles. The lowest BCUT2D eigenvalue weighted by Gasteiger charge is -2.38. The van der Waals surface area contributed by atoms with Crippen LogP contribution in [-0.2, 0) is 20.6 Å². The van der Waals surface area contributed by atoms with Crippen molar-refractivity contribution in [3.8, 4) is 16.9 Å².